The molecule has 0 radical (unpaired) electrons. The van der Waals surface area contributed by atoms with Crippen molar-refractivity contribution < 1.29 is 8.42 Å². The molecule has 0 aromatic heterocycles. The Balaban J connectivity index is 2.18. The van der Waals surface area contributed by atoms with Crippen LogP contribution in [0.25, 0.3) is 0 Å². The number of nitrogens with one attached hydrogen (secondary N) is 1. The molecule has 3 nitrogen and oxygen atoms in total. The number of benzene rings is 1. The summed E-state index contributed by atoms with van der Waals surface area (Å²) in [6, 6.07) is 6.83. The zero-order valence-electron chi connectivity index (χ0n) is 9.18. The Hall–Kier alpha value is -1.13. The molecule has 16 heavy (non-hydrogen) atoms. The van der Waals surface area contributed by atoms with Crippen LogP contribution in [-0.2, 0) is 10.0 Å². The fraction of sp³-hybridized carbons (Fsp3) is 0.333. The quantitative estimate of drug-likeness (QED) is 0.817. The molecule has 1 aromatic carbocycles. The summed E-state index contributed by atoms with van der Waals surface area (Å²) >= 11 is 0. The first-order valence-electron chi connectivity index (χ1n) is 5.33. The minimum absolute atomic E-state index is 0.0497. The van der Waals surface area contributed by atoms with Crippen molar-refractivity contribution in [1.82, 2.24) is 4.72 Å². The van der Waals surface area contributed by atoms with Crippen molar-refractivity contribution in [2.75, 3.05) is 0 Å². The van der Waals surface area contributed by atoms with Gasteiger partial charge >= 0.3 is 0 Å². The predicted molar refractivity (Wildman–Crippen MR) is 63.7 cm³/mol. The van der Waals surface area contributed by atoms with Crippen LogP contribution in [0.2, 0.25) is 0 Å². The van der Waals surface area contributed by atoms with Crippen molar-refractivity contribution in [3.05, 3.63) is 42.0 Å². The standard InChI is InChI=1S/C12H15NO2S/c1-10-6-8-12(9-7-10)16(14,15)13-11-4-2-3-5-11/h2,4,6-9,11,13H,3,5H2,1H3. The lowest BCUT2D eigenvalue weighted by Gasteiger charge is -2.11. The van der Waals surface area contributed by atoms with Crippen LogP contribution in [-0.4, -0.2) is 14.5 Å². The predicted octanol–water partition coefficient (Wildman–Crippen LogP) is 1.99. The van der Waals surface area contributed by atoms with Crippen molar-refractivity contribution in [3.8, 4) is 0 Å². The van der Waals surface area contributed by atoms with Gasteiger partial charge in [0.05, 0.1) is 4.90 Å². The van der Waals surface area contributed by atoms with E-state index in [-0.39, 0.29) is 6.04 Å². The van der Waals surface area contributed by atoms with Gasteiger partial charge in [0, 0.05) is 6.04 Å². The molecule has 0 fully saturated rings. The van der Waals surface area contributed by atoms with Gasteiger partial charge in [-0.3, -0.25) is 0 Å². The Bertz CT molecular complexity index is 488. The second-order valence-corrected chi connectivity index (χ2v) is 5.76. The molecule has 1 aliphatic rings. The lowest BCUT2D eigenvalue weighted by Crippen LogP contribution is -2.32. The van der Waals surface area contributed by atoms with Gasteiger partial charge in [-0.25, -0.2) is 13.1 Å². The summed E-state index contributed by atoms with van der Waals surface area (Å²) in [4.78, 5) is 0.332. The number of rotatable bonds is 3. The maximum absolute atomic E-state index is 12.0. The highest BCUT2D eigenvalue weighted by atomic mass is 32.2. The van der Waals surface area contributed by atoms with Crippen molar-refractivity contribution in [1.29, 1.82) is 0 Å². The summed E-state index contributed by atoms with van der Waals surface area (Å²) in [5, 5.41) is 0. The minimum atomic E-state index is -3.36. The Morgan fingerprint density at radius 3 is 2.50 bits per heavy atom. The zero-order valence-corrected chi connectivity index (χ0v) is 10.00. The highest BCUT2D eigenvalue weighted by molar-refractivity contribution is 7.89. The normalized spacial score (nSPS) is 20.2. The van der Waals surface area contributed by atoms with Gasteiger partial charge in [-0.15, -0.1) is 0 Å². The summed E-state index contributed by atoms with van der Waals surface area (Å²) in [6.07, 6.45) is 5.71. The number of hydrogen-bond acceptors (Lipinski definition) is 2. The highest BCUT2D eigenvalue weighted by Crippen LogP contribution is 2.15. The lowest BCUT2D eigenvalue weighted by atomic mass is 10.2. The SMILES string of the molecule is Cc1ccc(S(=O)(=O)NC2C=CCC2)cc1. The summed E-state index contributed by atoms with van der Waals surface area (Å²) < 4.78 is 26.6. The smallest absolute Gasteiger partial charge is 0.207 e. The van der Waals surface area contributed by atoms with Crippen LogP contribution in [0.5, 0.6) is 0 Å². The molecule has 0 bridgehead atoms. The molecule has 1 N–H and O–H groups in total. The fourth-order valence-electron chi connectivity index (χ4n) is 1.72. The molecule has 1 aromatic rings. The largest absolute Gasteiger partial charge is 0.241 e. The molecule has 2 rings (SSSR count). The Labute approximate surface area is 96.2 Å². The maximum atomic E-state index is 12.0. The van der Waals surface area contributed by atoms with E-state index in [2.05, 4.69) is 4.72 Å². The van der Waals surface area contributed by atoms with Crippen LogP contribution in [0.15, 0.2) is 41.3 Å². The Morgan fingerprint density at radius 1 is 1.25 bits per heavy atom. The van der Waals surface area contributed by atoms with Crippen LogP contribution in [0, 0.1) is 6.92 Å². The third kappa shape index (κ3) is 2.51. The average molecular weight is 237 g/mol. The van der Waals surface area contributed by atoms with E-state index in [4.69, 9.17) is 0 Å². The van der Waals surface area contributed by atoms with E-state index >= 15 is 0 Å². The van der Waals surface area contributed by atoms with Gasteiger partial charge in [-0.2, -0.15) is 0 Å². The van der Waals surface area contributed by atoms with Gasteiger partial charge in [-0.1, -0.05) is 29.8 Å². The van der Waals surface area contributed by atoms with E-state index in [1.165, 1.54) is 0 Å². The molecule has 4 heteroatoms. The van der Waals surface area contributed by atoms with E-state index in [1.807, 2.05) is 19.1 Å². The fourth-order valence-corrected chi connectivity index (χ4v) is 2.94. The van der Waals surface area contributed by atoms with Crippen molar-refractivity contribution >= 4 is 10.0 Å². The number of aryl methyl sites for hydroxylation is 1. The average Bonchev–Trinajstić information content (AvgIpc) is 2.70. The van der Waals surface area contributed by atoms with Crippen molar-refractivity contribution in [2.24, 2.45) is 0 Å². The van der Waals surface area contributed by atoms with E-state index in [0.29, 0.717) is 4.90 Å². The van der Waals surface area contributed by atoms with Crippen molar-refractivity contribution in [2.45, 2.75) is 30.7 Å². The van der Waals surface area contributed by atoms with Gasteiger partial charge in [0.25, 0.3) is 0 Å². The van der Waals surface area contributed by atoms with Gasteiger partial charge in [0.15, 0.2) is 0 Å². The Morgan fingerprint density at radius 2 is 1.94 bits per heavy atom. The first kappa shape index (κ1) is 11.4. The molecule has 1 unspecified atom stereocenters. The molecule has 0 aliphatic heterocycles. The number of allylic oxidation sites excluding steroid dienone is 1. The summed E-state index contributed by atoms with van der Waals surface area (Å²) in [7, 11) is -3.36. The van der Waals surface area contributed by atoms with Gasteiger partial charge in [0.2, 0.25) is 10.0 Å². The molecule has 86 valence electrons. The third-order valence-electron chi connectivity index (χ3n) is 2.65. The summed E-state index contributed by atoms with van der Waals surface area (Å²) in [5.74, 6) is 0. The molecule has 0 saturated carbocycles. The summed E-state index contributed by atoms with van der Waals surface area (Å²) in [5.41, 5.74) is 1.06. The molecule has 0 saturated heterocycles. The van der Waals surface area contributed by atoms with Gasteiger partial charge in [-0.05, 0) is 31.9 Å². The first-order valence-corrected chi connectivity index (χ1v) is 6.82. The van der Waals surface area contributed by atoms with Crippen molar-refractivity contribution in [3.63, 3.8) is 0 Å². The zero-order chi connectivity index (χ0) is 11.6. The molecule has 0 heterocycles. The van der Waals surface area contributed by atoms with Crippen LogP contribution in [0.3, 0.4) is 0 Å². The number of hydrogen-bond donors (Lipinski definition) is 1. The van der Waals surface area contributed by atoms with Crippen LogP contribution < -0.4 is 4.72 Å². The topological polar surface area (TPSA) is 46.2 Å². The second kappa shape index (κ2) is 4.39. The molecular formula is C12H15NO2S. The van der Waals surface area contributed by atoms with Gasteiger partial charge in [0.1, 0.15) is 0 Å². The first-order chi connectivity index (χ1) is 7.58. The van der Waals surface area contributed by atoms with Gasteiger partial charge < -0.3 is 0 Å². The van der Waals surface area contributed by atoms with E-state index in [9.17, 15) is 8.42 Å². The molecule has 0 spiro atoms. The third-order valence-corrected chi connectivity index (χ3v) is 4.16. The number of sulfonamides is 1. The van der Waals surface area contributed by atoms with Crippen LogP contribution in [0.4, 0.5) is 0 Å². The van der Waals surface area contributed by atoms with Crippen LogP contribution >= 0.6 is 0 Å². The van der Waals surface area contributed by atoms with E-state index < -0.39 is 10.0 Å². The second-order valence-electron chi connectivity index (χ2n) is 4.05. The Kier molecular flexibility index (Phi) is 3.12. The van der Waals surface area contributed by atoms with E-state index in [0.717, 1.165) is 18.4 Å². The molecule has 1 aliphatic carbocycles. The van der Waals surface area contributed by atoms with Crippen LogP contribution in [0.1, 0.15) is 18.4 Å². The monoisotopic (exact) mass is 237 g/mol. The molecular weight excluding hydrogens is 222 g/mol. The summed E-state index contributed by atoms with van der Waals surface area (Å²) in [6.45, 7) is 1.93. The molecule has 1 atom stereocenters. The lowest BCUT2D eigenvalue weighted by molar-refractivity contribution is 0.568. The minimum Gasteiger partial charge on any atom is -0.207 e. The highest BCUT2D eigenvalue weighted by Gasteiger charge is 2.19. The van der Waals surface area contributed by atoms with E-state index in [1.54, 1.807) is 24.3 Å². The molecule has 0 amide bonds. The maximum Gasteiger partial charge on any atom is 0.241 e.